The standard InChI is InChI=1S/C18H25N3O4S2/c1-17(2,3)20-27(24,25)14-8-6-5-7-12(14)19-16(23)13-11-26-18(4)10-9-15(22)21(13)18/h5-8,13,20H,9-11H2,1-4H3,(H,19,23). The number of hydrogen-bond acceptors (Lipinski definition) is 5. The van der Waals surface area contributed by atoms with Crippen molar-refractivity contribution in [1.82, 2.24) is 9.62 Å². The third-order valence-corrected chi connectivity index (χ3v) is 7.94. The molecule has 0 aliphatic carbocycles. The highest BCUT2D eigenvalue weighted by molar-refractivity contribution is 8.01. The van der Waals surface area contributed by atoms with Gasteiger partial charge in [-0.1, -0.05) is 12.1 Å². The number of thioether (sulfide) groups is 1. The molecule has 1 aromatic rings. The molecule has 2 heterocycles. The Kier molecular flexibility index (Phi) is 5.07. The minimum absolute atomic E-state index is 0.00874. The number of carbonyl (C=O) groups is 2. The molecule has 2 saturated heterocycles. The van der Waals surface area contributed by atoms with Gasteiger partial charge in [0.15, 0.2) is 0 Å². The number of fused-ring (bicyclic) bond motifs is 1. The van der Waals surface area contributed by atoms with Gasteiger partial charge in [0.2, 0.25) is 21.8 Å². The van der Waals surface area contributed by atoms with Crippen molar-refractivity contribution >= 4 is 39.3 Å². The van der Waals surface area contributed by atoms with E-state index >= 15 is 0 Å². The zero-order chi connectivity index (χ0) is 20.0. The lowest BCUT2D eigenvalue weighted by Gasteiger charge is -2.30. The van der Waals surface area contributed by atoms with Crippen LogP contribution in [0.1, 0.15) is 40.5 Å². The van der Waals surface area contributed by atoms with Crippen LogP contribution in [-0.2, 0) is 19.6 Å². The fourth-order valence-corrected chi connectivity index (χ4v) is 6.51. The summed E-state index contributed by atoms with van der Waals surface area (Å²) < 4.78 is 28.0. The molecule has 2 N–H and O–H groups in total. The zero-order valence-corrected chi connectivity index (χ0v) is 17.5. The van der Waals surface area contributed by atoms with Gasteiger partial charge < -0.3 is 10.2 Å². The number of rotatable bonds is 4. The maximum absolute atomic E-state index is 12.9. The number of nitrogens with one attached hydrogen (secondary N) is 2. The van der Waals surface area contributed by atoms with Crippen molar-refractivity contribution in [3.63, 3.8) is 0 Å². The minimum Gasteiger partial charge on any atom is -0.323 e. The normalized spacial score (nSPS) is 25.6. The summed E-state index contributed by atoms with van der Waals surface area (Å²) in [5, 5.41) is 2.73. The van der Waals surface area contributed by atoms with E-state index in [2.05, 4.69) is 10.0 Å². The topological polar surface area (TPSA) is 95.6 Å². The average molecular weight is 412 g/mol. The fourth-order valence-electron chi connectivity index (χ4n) is 3.49. The number of nitrogens with zero attached hydrogens (tertiary/aromatic N) is 1. The van der Waals surface area contributed by atoms with Crippen molar-refractivity contribution in [1.29, 1.82) is 0 Å². The molecule has 7 nitrogen and oxygen atoms in total. The van der Waals surface area contributed by atoms with E-state index in [9.17, 15) is 18.0 Å². The Balaban J connectivity index is 1.85. The van der Waals surface area contributed by atoms with Crippen LogP contribution < -0.4 is 10.0 Å². The van der Waals surface area contributed by atoms with Crippen LogP contribution in [0.2, 0.25) is 0 Å². The molecule has 1 aromatic carbocycles. The van der Waals surface area contributed by atoms with E-state index < -0.39 is 21.6 Å². The Morgan fingerprint density at radius 2 is 1.96 bits per heavy atom. The maximum Gasteiger partial charge on any atom is 0.248 e. The van der Waals surface area contributed by atoms with Crippen LogP contribution in [0.15, 0.2) is 29.2 Å². The van der Waals surface area contributed by atoms with Gasteiger partial charge in [-0.15, -0.1) is 11.8 Å². The molecule has 9 heteroatoms. The predicted molar refractivity (Wildman–Crippen MR) is 106 cm³/mol. The summed E-state index contributed by atoms with van der Waals surface area (Å²) in [6, 6.07) is 5.70. The van der Waals surface area contributed by atoms with Gasteiger partial charge in [0.1, 0.15) is 10.9 Å². The smallest absolute Gasteiger partial charge is 0.248 e. The van der Waals surface area contributed by atoms with Crippen LogP contribution in [0.25, 0.3) is 0 Å². The molecule has 0 aromatic heterocycles. The number of hydrogen-bond donors (Lipinski definition) is 2. The highest BCUT2D eigenvalue weighted by Gasteiger charge is 2.53. The lowest BCUT2D eigenvalue weighted by atomic mass is 10.1. The molecular formula is C18H25N3O4S2. The van der Waals surface area contributed by atoms with E-state index in [4.69, 9.17) is 0 Å². The third-order valence-electron chi connectivity index (χ3n) is 4.62. The Hall–Kier alpha value is -1.58. The second kappa shape index (κ2) is 6.79. The molecule has 27 heavy (non-hydrogen) atoms. The molecule has 0 bridgehead atoms. The summed E-state index contributed by atoms with van der Waals surface area (Å²) >= 11 is 1.60. The lowest BCUT2D eigenvalue weighted by Crippen LogP contribution is -2.48. The Morgan fingerprint density at radius 1 is 1.30 bits per heavy atom. The van der Waals surface area contributed by atoms with Gasteiger partial charge in [0.05, 0.1) is 10.6 Å². The first-order chi connectivity index (χ1) is 12.4. The van der Waals surface area contributed by atoms with Crippen LogP contribution in [0.5, 0.6) is 0 Å². The number of anilines is 1. The molecule has 0 saturated carbocycles. The second-order valence-electron chi connectivity index (χ2n) is 8.11. The van der Waals surface area contributed by atoms with Crippen molar-refractivity contribution < 1.29 is 18.0 Å². The number of sulfonamides is 1. The van der Waals surface area contributed by atoms with E-state index in [1.807, 2.05) is 6.92 Å². The van der Waals surface area contributed by atoms with Gasteiger partial charge in [-0.05, 0) is 46.2 Å². The number of benzene rings is 1. The fraction of sp³-hybridized carbons (Fsp3) is 0.556. The summed E-state index contributed by atoms with van der Waals surface area (Å²) in [5.74, 6) is 0.112. The van der Waals surface area contributed by atoms with Gasteiger partial charge in [-0.2, -0.15) is 0 Å². The maximum atomic E-state index is 12.9. The average Bonchev–Trinajstić information content (AvgIpc) is 3.02. The van der Waals surface area contributed by atoms with Crippen LogP contribution in [0.3, 0.4) is 0 Å². The van der Waals surface area contributed by atoms with E-state index in [1.54, 1.807) is 55.6 Å². The number of para-hydroxylation sites is 1. The molecule has 2 aliphatic rings. The molecule has 0 spiro atoms. The van der Waals surface area contributed by atoms with E-state index in [0.29, 0.717) is 12.2 Å². The zero-order valence-electron chi connectivity index (χ0n) is 15.9. The van der Waals surface area contributed by atoms with Crippen LogP contribution in [0.4, 0.5) is 5.69 Å². The highest BCUT2D eigenvalue weighted by Crippen LogP contribution is 2.47. The molecule has 2 unspecified atom stereocenters. The second-order valence-corrected chi connectivity index (χ2v) is 11.3. The number of carbonyl (C=O) groups excluding carboxylic acids is 2. The Labute approximate surface area is 164 Å². The first-order valence-electron chi connectivity index (χ1n) is 8.83. The van der Waals surface area contributed by atoms with Gasteiger partial charge in [0.25, 0.3) is 0 Å². The highest BCUT2D eigenvalue weighted by atomic mass is 32.2. The van der Waals surface area contributed by atoms with E-state index in [-0.39, 0.29) is 27.3 Å². The molecular weight excluding hydrogens is 386 g/mol. The monoisotopic (exact) mass is 411 g/mol. The van der Waals surface area contributed by atoms with Gasteiger partial charge in [-0.3, -0.25) is 9.59 Å². The van der Waals surface area contributed by atoms with Crippen molar-refractivity contribution in [2.45, 2.75) is 61.9 Å². The number of amides is 2. The first kappa shape index (κ1) is 20.2. The summed E-state index contributed by atoms with van der Waals surface area (Å²) in [6.07, 6.45) is 1.16. The van der Waals surface area contributed by atoms with E-state index in [0.717, 1.165) is 6.42 Å². The SMILES string of the molecule is CC(C)(C)NS(=O)(=O)c1ccccc1NC(=O)C1CSC2(C)CCC(=O)N12. The van der Waals surface area contributed by atoms with Gasteiger partial charge in [0, 0.05) is 17.7 Å². The minimum atomic E-state index is -3.81. The summed E-state index contributed by atoms with van der Waals surface area (Å²) in [7, 11) is -3.81. The molecule has 3 rings (SSSR count). The quantitative estimate of drug-likeness (QED) is 0.792. The molecule has 0 radical (unpaired) electrons. The lowest BCUT2D eigenvalue weighted by molar-refractivity contribution is -0.135. The molecule has 2 fully saturated rings. The van der Waals surface area contributed by atoms with Crippen molar-refractivity contribution in [2.24, 2.45) is 0 Å². The van der Waals surface area contributed by atoms with Crippen LogP contribution >= 0.6 is 11.8 Å². The first-order valence-corrected chi connectivity index (χ1v) is 11.3. The van der Waals surface area contributed by atoms with Crippen LogP contribution in [0, 0.1) is 0 Å². The summed E-state index contributed by atoms with van der Waals surface area (Å²) in [6.45, 7) is 7.23. The molecule has 2 amide bonds. The predicted octanol–water partition coefficient (Wildman–Crippen LogP) is 2.16. The van der Waals surface area contributed by atoms with Gasteiger partial charge >= 0.3 is 0 Å². The summed E-state index contributed by atoms with van der Waals surface area (Å²) in [4.78, 5) is 26.4. The van der Waals surface area contributed by atoms with E-state index in [1.165, 1.54) is 6.07 Å². The Bertz CT molecular complexity index is 879. The van der Waals surface area contributed by atoms with Crippen LogP contribution in [-0.4, -0.2) is 47.3 Å². The van der Waals surface area contributed by atoms with Gasteiger partial charge in [-0.25, -0.2) is 13.1 Å². The molecule has 148 valence electrons. The molecule has 2 atom stereocenters. The Morgan fingerprint density at radius 3 is 2.63 bits per heavy atom. The third kappa shape index (κ3) is 4.00. The molecule has 2 aliphatic heterocycles. The van der Waals surface area contributed by atoms with Crippen molar-refractivity contribution in [3.05, 3.63) is 24.3 Å². The largest absolute Gasteiger partial charge is 0.323 e. The van der Waals surface area contributed by atoms with Crippen molar-refractivity contribution in [3.8, 4) is 0 Å². The summed E-state index contributed by atoms with van der Waals surface area (Å²) in [5.41, 5.74) is -0.438. The van der Waals surface area contributed by atoms with Crippen molar-refractivity contribution in [2.75, 3.05) is 11.1 Å².